The predicted octanol–water partition coefficient (Wildman–Crippen LogP) is 2.04. The van der Waals surface area contributed by atoms with E-state index in [9.17, 15) is 0 Å². The molecule has 18 heavy (non-hydrogen) atoms. The van der Waals surface area contributed by atoms with Gasteiger partial charge < -0.3 is 15.0 Å². The Morgan fingerprint density at radius 3 is 3.00 bits per heavy atom. The van der Waals surface area contributed by atoms with Crippen molar-refractivity contribution in [3.05, 3.63) is 10.6 Å². The Kier molecular flexibility index (Phi) is 4.97. The number of aryl methyl sites for hydroxylation is 1. The molecule has 0 saturated carbocycles. The van der Waals surface area contributed by atoms with Gasteiger partial charge in [0.15, 0.2) is 5.13 Å². The van der Waals surface area contributed by atoms with Gasteiger partial charge in [-0.05, 0) is 19.9 Å². The average Bonchev–Trinajstić information content (AvgIpc) is 2.82. The third-order valence-electron chi connectivity index (χ3n) is 3.30. The van der Waals surface area contributed by atoms with Crippen molar-refractivity contribution in [3.8, 4) is 0 Å². The van der Waals surface area contributed by atoms with Gasteiger partial charge in [-0.1, -0.05) is 13.8 Å². The summed E-state index contributed by atoms with van der Waals surface area (Å²) in [5, 5.41) is 4.39. The highest BCUT2D eigenvalue weighted by Gasteiger charge is 2.22. The molecule has 1 aliphatic rings. The van der Waals surface area contributed by atoms with Crippen molar-refractivity contribution in [3.63, 3.8) is 0 Å². The van der Waals surface area contributed by atoms with Gasteiger partial charge in [0.2, 0.25) is 0 Å². The molecular formula is C13H23N3OS. The summed E-state index contributed by atoms with van der Waals surface area (Å²) in [5.74, 6) is 0. The summed E-state index contributed by atoms with van der Waals surface area (Å²) in [6, 6.07) is 0. The van der Waals surface area contributed by atoms with Crippen molar-refractivity contribution in [1.29, 1.82) is 0 Å². The lowest BCUT2D eigenvalue weighted by Gasteiger charge is -2.32. The van der Waals surface area contributed by atoms with Crippen molar-refractivity contribution < 1.29 is 4.74 Å². The highest BCUT2D eigenvalue weighted by molar-refractivity contribution is 7.15. The van der Waals surface area contributed by atoms with E-state index in [1.165, 1.54) is 15.7 Å². The molecule has 1 atom stereocenters. The second-order valence-corrected chi connectivity index (χ2v) is 5.66. The van der Waals surface area contributed by atoms with Gasteiger partial charge in [0, 0.05) is 24.5 Å². The number of thiazole rings is 1. The molecule has 1 fully saturated rings. The molecule has 0 spiro atoms. The van der Waals surface area contributed by atoms with E-state index in [1.54, 1.807) is 0 Å². The molecule has 1 aliphatic heterocycles. The smallest absolute Gasteiger partial charge is 0.185 e. The summed E-state index contributed by atoms with van der Waals surface area (Å²) in [6.45, 7) is 8.04. The fraction of sp³-hybridized carbons (Fsp3) is 0.769. The zero-order chi connectivity index (χ0) is 13.0. The molecule has 0 aliphatic carbocycles. The van der Waals surface area contributed by atoms with Gasteiger partial charge in [0.25, 0.3) is 0 Å². The van der Waals surface area contributed by atoms with Crippen LogP contribution in [-0.2, 0) is 17.7 Å². The Bertz CT molecular complexity index is 380. The van der Waals surface area contributed by atoms with Crippen LogP contribution in [0.4, 0.5) is 5.13 Å². The lowest BCUT2D eigenvalue weighted by molar-refractivity contribution is 0.0384. The fourth-order valence-electron chi connectivity index (χ4n) is 2.22. The molecule has 1 unspecified atom stereocenters. The van der Waals surface area contributed by atoms with E-state index in [0.717, 1.165) is 39.1 Å². The molecule has 0 amide bonds. The number of ether oxygens (including phenoxy) is 1. The van der Waals surface area contributed by atoms with E-state index in [1.807, 2.05) is 18.4 Å². The topological polar surface area (TPSA) is 37.4 Å². The first kappa shape index (κ1) is 13.8. The minimum atomic E-state index is 0.362. The average molecular weight is 269 g/mol. The van der Waals surface area contributed by atoms with Gasteiger partial charge in [0.1, 0.15) is 0 Å². The number of aromatic nitrogens is 1. The highest BCUT2D eigenvalue weighted by atomic mass is 32.1. The van der Waals surface area contributed by atoms with Crippen LogP contribution in [0.2, 0.25) is 0 Å². The normalized spacial score (nSPS) is 20.4. The third-order valence-corrected chi connectivity index (χ3v) is 4.46. The van der Waals surface area contributed by atoms with Crippen LogP contribution in [0.3, 0.4) is 0 Å². The Morgan fingerprint density at radius 1 is 1.50 bits per heavy atom. The lowest BCUT2D eigenvalue weighted by Crippen LogP contribution is -2.42. The first-order valence-electron chi connectivity index (χ1n) is 6.78. The molecule has 0 radical (unpaired) electrons. The van der Waals surface area contributed by atoms with Crippen LogP contribution in [0.1, 0.15) is 30.8 Å². The number of nitrogens with one attached hydrogen (secondary N) is 1. The Labute approximate surface area is 113 Å². The maximum absolute atomic E-state index is 5.71. The summed E-state index contributed by atoms with van der Waals surface area (Å²) >= 11 is 1.82. The van der Waals surface area contributed by atoms with E-state index in [4.69, 9.17) is 9.72 Å². The van der Waals surface area contributed by atoms with E-state index in [2.05, 4.69) is 24.1 Å². The van der Waals surface area contributed by atoms with E-state index < -0.39 is 0 Å². The predicted molar refractivity (Wildman–Crippen MR) is 76.5 cm³/mol. The Balaban J connectivity index is 2.12. The zero-order valence-electron chi connectivity index (χ0n) is 11.5. The molecule has 1 aromatic rings. The highest BCUT2D eigenvalue weighted by Crippen LogP contribution is 2.28. The molecule has 1 aromatic heterocycles. The van der Waals surface area contributed by atoms with Gasteiger partial charge >= 0.3 is 0 Å². The first-order valence-corrected chi connectivity index (χ1v) is 7.59. The molecule has 4 nitrogen and oxygen atoms in total. The summed E-state index contributed by atoms with van der Waals surface area (Å²) < 4.78 is 5.71. The van der Waals surface area contributed by atoms with Crippen LogP contribution < -0.4 is 10.2 Å². The number of nitrogens with zero attached hydrogens (tertiary/aromatic N) is 2. The summed E-state index contributed by atoms with van der Waals surface area (Å²) in [7, 11) is 1.99. The molecular weight excluding hydrogens is 246 g/mol. The Morgan fingerprint density at radius 2 is 2.33 bits per heavy atom. The molecule has 1 N–H and O–H groups in total. The molecule has 0 aromatic carbocycles. The van der Waals surface area contributed by atoms with Crippen molar-refractivity contribution in [2.24, 2.45) is 0 Å². The number of hydrogen-bond acceptors (Lipinski definition) is 5. The maximum atomic E-state index is 5.71. The van der Waals surface area contributed by atoms with Gasteiger partial charge in [-0.2, -0.15) is 0 Å². The van der Waals surface area contributed by atoms with Crippen molar-refractivity contribution in [1.82, 2.24) is 10.3 Å². The van der Waals surface area contributed by atoms with Crippen LogP contribution in [0.25, 0.3) is 0 Å². The minimum absolute atomic E-state index is 0.362. The summed E-state index contributed by atoms with van der Waals surface area (Å²) in [5.41, 5.74) is 1.24. The second kappa shape index (κ2) is 6.50. The number of morpholine rings is 1. The molecule has 2 heterocycles. The van der Waals surface area contributed by atoms with Gasteiger partial charge in [-0.25, -0.2) is 4.98 Å². The molecule has 5 heteroatoms. The third kappa shape index (κ3) is 3.02. The molecule has 102 valence electrons. The fourth-order valence-corrected chi connectivity index (χ4v) is 3.42. The van der Waals surface area contributed by atoms with Crippen molar-refractivity contribution in [2.75, 3.05) is 31.6 Å². The number of rotatable bonds is 5. The summed E-state index contributed by atoms with van der Waals surface area (Å²) in [4.78, 5) is 8.53. The molecule has 2 rings (SSSR count). The second-order valence-electron chi connectivity index (χ2n) is 4.60. The molecule has 0 bridgehead atoms. The number of hydrogen-bond donors (Lipinski definition) is 1. The summed E-state index contributed by atoms with van der Waals surface area (Å²) in [6.07, 6.45) is 2.45. The monoisotopic (exact) mass is 269 g/mol. The number of anilines is 1. The minimum Gasteiger partial charge on any atom is -0.375 e. The zero-order valence-corrected chi connectivity index (χ0v) is 12.3. The van der Waals surface area contributed by atoms with Gasteiger partial charge in [-0.3, -0.25) is 0 Å². The van der Waals surface area contributed by atoms with Crippen LogP contribution in [0.5, 0.6) is 0 Å². The molecule has 1 saturated heterocycles. The van der Waals surface area contributed by atoms with Crippen LogP contribution >= 0.6 is 11.3 Å². The van der Waals surface area contributed by atoms with E-state index >= 15 is 0 Å². The van der Waals surface area contributed by atoms with Crippen LogP contribution in [0, 0.1) is 0 Å². The SMILES string of the molecule is CCc1nc(N2CCOC(CC)C2)sc1CNC. The van der Waals surface area contributed by atoms with E-state index in [-0.39, 0.29) is 0 Å². The standard InChI is InChI=1S/C13H23N3OS/c1-4-10-9-16(6-7-17-10)13-15-11(5-2)12(18-13)8-14-3/h10,14H,4-9H2,1-3H3. The van der Waals surface area contributed by atoms with Crippen molar-refractivity contribution >= 4 is 16.5 Å². The Hall–Kier alpha value is -0.650. The van der Waals surface area contributed by atoms with Crippen molar-refractivity contribution in [2.45, 2.75) is 39.3 Å². The first-order chi connectivity index (χ1) is 8.78. The van der Waals surface area contributed by atoms with Crippen LogP contribution in [-0.4, -0.2) is 37.8 Å². The quantitative estimate of drug-likeness (QED) is 0.887. The van der Waals surface area contributed by atoms with Gasteiger partial charge in [0.05, 0.1) is 18.4 Å². The maximum Gasteiger partial charge on any atom is 0.185 e. The largest absolute Gasteiger partial charge is 0.375 e. The van der Waals surface area contributed by atoms with Gasteiger partial charge in [-0.15, -0.1) is 11.3 Å². The lowest BCUT2D eigenvalue weighted by atomic mass is 10.2. The van der Waals surface area contributed by atoms with E-state index in [0.29, 0.717) is 6.10 Å². The van der Waals surface area contributed by atoms with Crippen LogP contribution in [0.15, 0.2) is 0 Å².